The molecule has 0 saturated carbocycles. The number of rotatable bonds is 3. The SMILES string of the molecule is CSC1CCCCN(c2cc(C)nc(C(C)C)n2)C1. The van der Waals surface area contributed by atoms with Gasteiger partial charge in [-0.25, -0.2) is 9.97 Å². The topological polar surface area (TPSA) is 29.0 Å². The lowest BCUT2D eigenvalue weighted by Crippen LogP contribution is -2.30. The second-order valence-corrected chi connectivity index (χ2v) is 6.82. The van der Waals surface area contributed by atoms with Gasteiger partial charge in [-0.3, -0.25) is 0 Å². The molecular formula is C15H25N3S. The number of aromatic nitrogens is 2. The lowest BCUT2D eigenvalue weighted by atomic mass is 10.2. The van der Waals surface area contributed by atoms with Gasteiger partial charge in [0, 0.05) is 36.0 Å². The highest BCUT2D eigenvalue weighted by Gasteiger charge is 2.19. The fourth-order valence-electron chi connectivity index (χ4n) is 2.50. The van der Waals surface area contributed by atoms with Crippen LogP contribution in [0.5, 0.6) is 0 Å². The first kappa shape index (κ1) is 14.6. The maximum absolute atomic E-state index is 4.77. The first-order valence-electron chi connectivity index (χ1n) is 7.23. The molecule has 1 aliphatic heterocycles. The first-order chi connectivity index (χ1) is 9.10. The molecule has 2 rings (SSSR count). The van der Waals surface area contributed by atoms with Gasteiger partial charge in [0.05, 0.1) is 0 Å². The minimum Gasteiger partial charge on any atom is -0.355 e. The Morgan fingerprint density at radius 1 is 1.32 bits per heavy atom. The van der Waals surface area contributed by atoms with Crippen molar-refractivity contribution in [2.45, 2.75) is 51.2 Å². The summed E-state index contributed by atoms with van der Waals surface area (Å²) in [6.45, 7) is 8.64. The third kappa shape index (κ3) is 3.85. The van der Waals surface area contributed by atoms with Crippen molar-refractivity contribution in [1.29, 1.82) is 0 Å². The quantitative estimate of drug-likeness (QED) is 0.845. The largest absolute Gasteiger partial charge is 0.355 e. The number of hydrogen-bond acceptors (Lipinski definition) is 4. The Labute approximate surface area is 121 Å². The van der Waals surface area contributed by atoms with Crippen LogP contribution in [-0.2, 0) is 0 Å². The smallest absolute Gasteiger partial charge is 0.133 e. The lowest BCUT2D eigenvalue weighted by molar-refractivity contribution is 0.731. The van der Waals surface area contributed by atoms with Crippen molar-refractivity contribution < 1.29 is 0 Å². The molecule has 1 aromatic heterocycles. The predicted octanol–water partition coefficient (Wildman–Crippen LogP) is 3.63. The van der Waals surface area contributed by atoms with Crippen LogP contribution in [0.2, 0.25) is 0 Å². The summed E-state index contributed by atoms with van der Waals surface area (Å²) in [4.78, 5) is 11.8. The van der Waals surface area contributed by atoms with Crippen LogP contribution in [0.1, 0.15) is 50.5 Å². The van der Waals surface area contributed by atoms with Gasteiger partial charge in [-0.15, -0.1) is 0 Å². The molecule has 106 valence electrons. The second kappa shape index (κ2) is 6.60. The fraction of sp³-hybridized carbons (Fsp3) is 0.733. The van der Waals surface area contributed by atoms with Gasteiger partial charge >= 0.3 is 0 Å². The number of anilines is 1. The summed E-state index contributed by atoms with van der Waals surface area (Å²) in [5.41, 5.74) is 1.08. The van der Waals surface area contributed by atoms with Crippen LogP contribution in [0, 0.1) is 6.92 Å². The number of aryl methyl sites for hydroxylation is 1. The number of nitrogens with zero attached hydrogens (tertiary/aromatic N) is 3. The molecule has 1 unspecified atom stereocenters. The van der Waals surface area contributed by atoms with E-state index in [1.807, 2.05) is 11.8 Å². The van der Waals surface area contributed by atoms with E-state index in [1.54, 1.807) is 0 Å². The van der Waals surface area contributed by atoms with E-state index < -0.39 is 0 Å². The average Bonchev–Trinajstić information content (AvgIpc) is 2.63. The second-order valence-electron chi connectivity index (χ2n) is 5.68. The monoisotopic (exact) mass is 279 g/mol. The Morgan fingerprint density at radius 3 is 2.79 bits per heavy atom. The van der Waals surface area contributed by atoms with Crippen molar-refractivity contribution in [1.82, 2.24) is 9.97 Å². The third-order valence-corrected chi connectivity index (χ3v) is 4.71. The summed E-state index contributed by atoms with van der Waals surface area (Å²) in [6.07, 6.45) is 6.16. The Balaban J connectivity index is 2.24. The van der Waals surface area contributed by atoms with E-state index >= 15 is 0 Å². The van der Waals surface area contributed by atoms with E-state index in [-0.39, 0.29) is 0 Å². The fourth-order valence-corrected chi connectivity index (χ4v) is 3.23. The molecule has 1 aromatic rings. The number of hydrogen-bond donors (Lipinski definition) is 0. The number of thioether (sulfide) groups is 1. The molecule has 1 atom stereocenters. The molecule has 0 aromatic carbocycles. The minimum atomic E-state index is 0.391. The van der Waals surface area contributed by atoms with E-state index in [4.69, 9.17) is 4.98 Å². The molecule has 0 N–H and O–H groups in total. The van der Waals surface area contributed by atoms with Crippen LogP contribution < -0.4 is 4.90 Å². The van der Waals surface area contributed by atoms with Crippen molar-refractivity contribution in [3.63, 3.8) is 0 Å². The summed E-state index contributed by atoms with van der Waals surface area (Å²) in [5.74, 6) is 2.49. The van der Waals surface area contributed by atoms with Gasteiger partial charge in [0.25, 0.3) is 0 Å². The normalized spacial score (nSPS) is 20.7. The summed E-state index contributed by atoms with van der Waals surface area (Å²) >= 11 is 1.99. The van der Waals surface area contributed by atoms with Crippen LogP contribution in [0.15, 0.2) is 6.07 Å². The Bertz CT molecular complexity index is 420. The molecular weight excluding hydrogens is 254 g/mol. The van der Waals surface area contributed by atoms with Crippen LogP contribution >= 0.6 is 11.8 Å². The standard InChI is InChI=1S/C15H25N3S/c1-11(2)15-16-12(3)9-14(17-15)18-8-6-5-7-13(10-18)19-4/h9,11,13H,5-8,10H2,1-4H3. The van der Waals surface area contributed by atoms with E-state index in [1.165, 1.54) is 19.3 Å². The lowest BCUT2D eigenvalue weighted by Gasteiger charge is -2.25. The molecule has 19 heavy (non-hydrogen) atoms. The molecule has 2 heterocycles. The van der Waals surface area contributed by atoms with Crippen molar-refractivity contribution >= 4 is 17.6 Å². The molecule has 0 spiro atoms. The molecule has 0 amide bonds. The molecule has 3 nitrogen and oxygen atoms in total. The summed E-state index contributed by atoms with van der Waals surface area (Å²) < 4.78 is 0. The van der Waals surface area contributed by atoms with Gasteiger partial charge < -0.3 is 4.90 Å². The molecule has 1 saturated heterocycles. The molecule has 1 fully saturated rings. The maximum atomic E-state index is 4.77. The third-order valence-electron chi connectivity index (χ3n) is 3.66. The van der Waals surface area contributed by atoms with E-state index in [0.717, 1.165) is 35.7 Å². The van der Waals surface area contributed by atoms with Gasteiger partial charge in [0.1, 0.15) is 11.6 Å². The highest BCUT2D eigenvalue weighted by Crippen LogP contribution is 2.24. The zero-order valence-electron chi connectivity index (χ0n) is 12.5. The van der Waals surface area contributed by atoms with Crippen molar-refractivity contribution in [2.75, 3.05) is 24.2 Å². The van der Waals surface area contributed by atoms with Gasteiger partial charge in [-0.1, -0.05) is 20.3 Å². The van der Waals surface area contributed by atoms with Crippen LogP contribution in [0.4, 0.5) is 5.82 Å². The predicted molar refractivity (Wildman–Crippen MR) is 84.2 cm³/mol. The van der Waals surface area contributed by atoms with Gasteiger partial charge in [-0.2, -0.15) is 11.8 Å². The van der Waals surface area contributed by atoms with Crippen molar-refractivity contribution in [3.8, 4) is 0 Å². The molecule has 0 aliphatic carbocycles. The van der Waals surface area contributed by atoms with E-state index in [0.29, 0.717) is 5.92 Å². The zero-order valence-corrected chi connectivity index (χ0v) is 13.3. The summed E-state index contributed by atoms with van der Waals surface area (Å²) in [5, 5.41) is 0.736. The van der Waals surface area contributed by atoms with Crippen LogP contribution in [0.3, 0.4) is 0 Å². The van der Waals surface area contributed by atoms with Crippen molar-refractivity contribution in [3.05, 3.63) is 17.6 Å². The van der Waals surface area contributed by atoms with Crippen LogP contribution in [-0.4, -0.2) is 34.6 Å². The minimum absolute atomic E-state index is 0.391. The molecule has 0 bridgehead atoms. The Morgan fingerprint density at radius 2 is 2.11 bits per heavy atom. The zero-order chi connectivity index (χ0) is 13.8. The Hall–Kier alpha value is -0.770. The highest BCUT2D eigenvalue weighted by atomic mass is 32.2. The highest BCUT2D eigenvalue weighted by molar-refractivity contribution is 7.99. The van der Waals surface area contributed by atoms with Crippen molar-refractivity contribution in [2.24, 2.45) is 0 Å². The Kier molecular flexibility index (Phi) is 5.08. The molecule has 4 heteroatoms. The summed E-state index contributed by atoms with van der Waals surface area (Å²) in [6, 6.07) is 2.13. The van der Waals surface area contributed by atoms with Crippen LogP contribution in [0.25, 0.3) is 0 Å². The summed E-state index contributed by atoms with van der Waals surface area (Å²) in [7, 11) is 0. The van der Waals surface area contributed by atoms with Gasteiger partial charge in [0.2, 0.25) is 0 Å². The molecule has 1 aliphatic rings. The average molecular weight is 279 g/mol. The maximum Gasteiger partial charge on any atom is 0.133 e. The van der Waals surface area contributed by atoms with Gasteiger partial charge in [0.15, 0.2) is 0 Å². The molecule has 0 radical (unpaired) electrons. The first-order valence-corrected chi connectivity index (χ1v) is 8.52. The van der Waals surface area contributed by atoms with Gasteiger partial charge in [-0.05, 0) is 26.0 Å². The van der Waals surface area contributed by atoms with E-state index in [2.05, 4.69) is 43.0 Å². The van der Waals surface area contributed by atoms with E-state index in [9.17, 15) is 0 Å².